The van der Waals surface area contributed by atoms with Gasteiger partial charge in [-0.05, 0) is 110 Å². The van der Waals surface area contributed by atoms with Gasteiger partial charge in [-0.1, -0.05) is 182 Å². The molecule has 2 nitrogen and oxygen atoms in total. The Morgan fingerprint density at radius 3 is 1.62 bits per heavy atom. The molecule has 0 saturated carbocycles. The summed E-state index contributed by atoms with van der Waals surface area (Å²) in [6.07, 6.45) is 0. The molecule has 308 valence electrons. The van der Waals surface area contributed by atoms with Crippen LogP contribution in [0.3, 0.4) is 0 Å². The fourth-order valence-electron chi connectivity index (χ4n) is 11.2. The van der Waals surface area contributed by atoms with Gasteiger partial charge < -0.3 is 9.64 Å². The molecule has 14 rings (SSSR count). The summed E-state index contributed by atoms with van der Waals surface area (Å²) < 4.78 is 9.84. The lowest BCUT2D eigenvalue weighted by Crippen LogP contribution is -2.32. The van der Waals surface area contributed by atoms with Gasteiger partial charge in [-0.3, -0.25) is 0 Å². The molecule has 0 amide bonds. The number of ether oxygens (including phenoxy) is 1. The maximum atomic E-state index is 7.24. The van der Waals surface area contributed by atoms with E-state index in [1.54, 1.807) is 0 Å². The first-order valence-electron chi connectivity index (χ1n) is 22.7. The van der Waals surface area contributed by atoms with Gasteiger partial charge in [0.1, 0.15) is 11.5 Å². The van der Waals surface area contributed by atoms with Crippen molar-refractivity contribution in [2.24, 2.45) is 0 Å². The van der Waals surface area contributed by atoms with Gasteiger partial charge in [0.15, 0.2) is 0 Å². The van der Waals surface area contributed by atoms with Crippen LogP contribution in [0.15, 0.2) is 237 Å². The van der Waals surface area contributed by atoms with E-state index in [4.69, 9.17) is 4.74 Å². The zero-order chi connectivity index (χ0) is 43.3. The van der Waals surface area contributed by atoms with Crippen LogP contribution >= 0.6 is 11.3 Å². The van der Waals surface area contributed by atoms with Crippen LogP contribution in [0.5, 0.6) is 11.5 Å². The Balaban J connectivity index is 0.967. The van der Waals surface area contributed by atoms with E-state index in [0.717, 1.165) is 55.7 Å². The minimum absolute atomic E-state index is 0.626. The second kappa shape index (κ2) is 14.4. The van der Waals surface area contributed by atoms with Crippen molar-refractivity contribution in [2.75, 3.05) is 4.90 Å². The van der Waals surface area contributed by atoms with Gasteiger partial charge in [0, 0.05) is 59.1 Å². The van der Waals surface area contributed by atoms with Crippen LogP contribution in [0, 0.1) is 0 Å². The van der Waals surface area contributed by atoms with Gasteiger partial charge >= 0.3 is 0 Å². The fraction of sp³-hybridized carbons (Fsp3) is 0.0159. The number of hydrogen-bond acceptors (Lipinski definition) is 3. The van der Waals surface area contributed by atoms with E-state index in [9.17, 15) is 0 Å². The minimum Gasteiger partial charge on any atom is -0.455 e. The smallest absolute Gasteiger partial charge is 0.140 e. The average molecular weight is 858 g/mol. The molecule has 12 aromatic rings. The Labute approximate surface area is 386 Å². The lowest BCUT2D eigenvalue weighted by atomic mass is 9.65. The first-order valence-corrected chi connectivity index (χ1v) is 23.5. The summed E-state index contributed by atoms with van der Waals surface area (Å²) in [4.78, 5) is 2.39. The lowest BCUT2D eigenvalue weighted by molar-refractivity contribution is 0.447. The molecule has 0 bridgehead atoms. The van der Waals surface area contributed by atoms with Crippen LogP contribution in [-0.4, -0.2) is 0 Å². The molecule has 1 spiro atoms. The minimum atomic E-state index is -0.626. The zero-order valence-electron chi connectivity index (χ0n) is 35.8. The lowest BCUT2D eigenvalue weighted by Gasteiger charge is -2.40. The summed E-state index contributed by atoms with van der Waals surface area (Å²) in [7, 11) is 0. The number of hydrogen-bond donors (Lipinski definition) is 0. The van der Waals surface area contributed by atoms with E-state index in [-0.39, 0.29) is 0 Å². The zero-order valence-corrected chi connectivity index (χ0v) is 36.6. The Kier molecular flexibility index (Phi) is 8.10. The van der Waals surface area contributed by atoms with Crippen molar-refractivity contribution in [3.05, 3.63) is 259 Å². The van der Waals surface area contributed by atoms with Crippen LogP contribution in [-0.2, 0) is 5.41 Å². The van der Waals surface area contributed by atoms with Gasteiger partial charge in [0.2, 0.25) is 0 Å². The number of para-hydroxylation sites is 1. The van der Waals surface area contributed by atoms with Gasteiger partial charge in [-0.25, -0.2) is 0 Å². The number of benzene rings is 11. The topological polar surface area (TPSA) is 12.5 Å². The summed E-state index contributed by atoms with van der Waals surface area (Å²) in [6, 6.07) is 87.0. The van der Waals surface area contributed by atoms with Crippen LogP contribution < -0.4 is 9.64 Å². The van der Waals surface area contributed by atoms with E-state index in [1.807, 2.05) is 11.3 Å². The second-order valence-electron chi connectivity index (χ2n) is 17.5. The Bertz CT molecular complexity index is 3850. The van der Waals surface area contributed by atoms with E-state index in [1.165, 1.54) is 70.2 Å². The number of nitrogens with zero attached hydrogens (tertiary/aromatic N) is 1. The second-order valence-corrected chi connectivity index (χ2v) is 18.6. The van der Waals surface area contributed by atoms with Crippen LogP contribution in [0.4, 0.5) is 17.1 Å². The summed E-state index contributed by atoms with van der Waals surface area (Å²) >= 11 is 1.85. The number of fused-ring (bicyclic) bond motifs is 16. The van der Waals surface area contributed by atoms with Crippen molar-refractivity contribution in [1.29, 1.82) is 0 Å². The molecule has 11 aromatic carbocycles. The van der Waals surface area contributed by atoms with Crippen molar-refractivity contribution in [2.45, 2.75) is 5.41 Å². The molecule has 0 saturated heterocycles. The van der Waals surface area contributed by atoms with Crippen molar-refractivity contribution in [3.63, 3.8) is 0 Å². The van der Waals surface area contributed by atoms with Crippen molar-refractivity contribution in [3.8, 4) is 44.9 Å². The van der Waals surface area contributed by atoms with Crippen LogP contribution in [0.1, 0.15) is 22.3 Å². The first-order chi connectivity index (χ1) is 32.7. The highest BCUT2D eigenvalue weighted by atomic mass is 32.1. The Morgan fingerprint density at radius 1 is 0.318 bits per heavy atom. The van der Waals surface area contributed by atoms with Crippen LogP contribution in [0.25, 0.3) is 75.1 Å². The number of anilines is 3. The fourth-order valence-corrected chi connectivity index (χ4v) is 12.3. The largest absolute Gasteiger partial charge is 0.455 e. The maximum Gasteiger partial charge on any atom is 0.140 e. The molecule has 2 heterocycles. The summed E-state index contributed by atoms with van der Waals surface area (Å²) in [5.41, 5.74) is 14.8. The molecule has 1 aliphatic carbocycles. The van der Waals surface area contributed by atoms with Crippen molar-refractivity contribution >= 4 is 70.1 Å². The van der Waals surface area contributed by atoms with Gasteiger partial charge in [-0.15, -0.1) is 11.3 Å². The molecular formula is C63H39NOS. The summed E-state index contributed by atoms with van der Waals surface area (Å²) in [5.74, 6) is 1.85. The summed E-state index contributed by atoms with van der Waals surface area (Å²) in [5, 5.41) is 7.14. The summed E-state index contributed by atoms with van der Waals surface area (Å²) in [6.45, 7) is 0. The third kappa shape index (κ3) is 5.35. The van der Waals surface area contributed by atoms with Gasteiger partial charge in [-0.2, -0.15) is 0 Å². The SMILES string of the molecule is c1ccc(N(c2cccc(-c3ccccc3-c3ccc4c(c3)C3(c5ccccc5-4)c4ccc5ccccc5c4Oc4c3ccc3ccccc43)c2)c2ccc3sc4ccccc4c3c2)cc1. The molecule has 2 aliphatic rings. The van der Waals surface area contributed by atoms with E-state index < -0.39 is 5.41 Å². The van der Waals surface area contributed by atoms with E-state index >= 15 is 0 Å². The predicted molar refractivity (Wildman–Crippen MR) is 277 cm³/mol. The molecule has 1 aromatic heterocycles. The molecule has 1 aliphatic heterocycles. The Morgan fingerprint density at radius 2 is 0.879 bits per heavy atom. The van der Waals surface area contributed by atoms with Crippen LogP contribution in [0.2, 0.25) is 0 Å². The molecule has 0 unspecified atom stereocenters. The van der Waals surface area contributed by atoms with E-state index in [0.29, 0.717) is 0 Å². The molecule has 0 N–H and O–H groups in total. The van der Waals surface area contributed by atoms with Gasteiger partial charge in [0.05, 0.1) is 5.41 Å². The average Bonchev–Trinajstić information content (AvgIpc) is 3.90. The third-order valence-electron chi connectivity index (χ3n) is 14.1. The molecule has 0 radical (unpaired) electrons. The standard InChI is InChI=1S/C63H39NOS/c1-2-18-44(19-3-1)64(46-32-36-60-54(39-46)53-26-11-13-28-59(53)66-60)45-20-14-17-42(37-45)47-21-8-9-22-48(47)43-29-33-52-51-25-10-12-27-55(51)63(58(52)38-43)56-34-30-40-15-4-6-23-49(40)61(56)65-62-50-24-7-5-16-41(50)31-35-57(62)63/h1-39H. The monoisotopic (exact) mass is 857 g/mol. The van der Waals surface area contributed by atoms with Crippen molar-refractivity contribution < 1.29 is 4.74 Å². The van der Waals surface area contributed by atoms with Crippen molar-refractivity contribution in [1.82, 2.24) is 0 Å². The maximum absolute atomic E-state index is 7.24. The van der Waals surface area contributed by atoms with E-state index in [2.05, 4.69) is 241 Å². The molecule has 0 fully saturated rings. The highest BCUT2D eigenvalue weighted by Crippen LogP contribution is 2.64. The highest BCUT2D eigenvalue weighted by molar-refractivity contribution is 7.25. The molecule has 0 atom stereocenters. The normalized spacial score (nSPS) is 13.1. The number of thiophene rings is 1. The van der Waals surface area contributed by atoms with Gasteiger partial charge in [0.25, 0.3) is 0 Å². The predicted octanol–water partition coefficient (Wildman–Crippen LogP) is 17.6. The first kappa shape index (κ1) is 37.2. The quantitative estimate of drug-likeness (QED) is 0.171. The molecule has 3 heteroatoms. The highest BCUT2D eigenvalue weighted by Gasteiger charge is 2.52. The Hall–Kier alpha value is -8.24. The third-order valence-corrected chi connectivity index (χ3v) is 15.3. The number of rotatable bonds is 5. The molecule has 66 heavy (non-hydrogen) atoms. The molecular weight excluding hydrogens is 819 g/mol.